The smallest absolute Gasteiger partial charge is 0.339 e. The van der Waals surface area contributed by atoms with E-state index in [-0.39, 0.29) is 5.78 Å². The van der Waals surface area contributed by atoms with Gasteiger partial charge in [-0.15, -0.1) is 11.3 Å². The van der Waals surface area contributed by atoms with Crippen LogP contribution in [0.2, 0.25) is 0 Å². The van der Waals surface area contributed by atoms with Crippen LogP contribution in [0.5, 0.6) is 0 Å². The van der Waals surface area contributed by atoms with Gasteiger partial charge in [-0.2, -0.15) is 0 Å². The third-order valence-electron chi connectivity index (χ3n) is 3.70. The summed E-state index contributed by atoms with van der Waals surface area (Å²) in [5, 5.41) is 2.63. The fourth-order valence-electron chi connectivity index (χ4n) is 2.42. The quantitative estimate of drug-likeness (QED) is 0.772. The van der Waals surface area contributed by atoms with Crippen molar-refractivity contribution in [2.75, 3.05) is 6.61 Å². The Morgan fingerprint density at radius 1 is 1.16 bits per heavy atom. The molecule has 25 heavy (non-hydrogen) atoms. The van der Waals surface area contributed by atoms with Crippen LogP contribution in [0.3, 0.4) is 0 Å². The third kappa shape index (κ3) is 5.53. The number of Topliss-reactive ketones (excluding diaryl/α,β-unsaturated/α-hetero) is 1. The first-order chi connectivity index (χ1) is 11.9. The molecular formula is C19H21NO4S. The number of amides is 1. The van der Waals surface area contributed by atoms with Crippen molar-refractivity contribution in [3.8, 4) is 0 Å². The summed E-state index contributed by atoms with van der Waals surface area (Å²) in [6.45, 7) is 4.76. The summed E-state index contributed by atoms with van der Waals surface area (Å²) < 4.78 is 5.06. The number of ketones is 1. The molecule has 0 unspecified atom stereocenters. The molecule has 6 heteroatoms. The lowest BCUT2D eigenvalue weighted by Gasteiger charge is -2.16. The summed E-state index contributed by atoms with van der Waals surface area (Å²) in [4.78, 5) is 37.7. The van der Waals surface area contributed by atoms with Crippen LogP contribution in [-0.4, -0.2) is 30.3 Å². The molecule has 0 spiro atoms. The van der Waals surface area contributed by atoms with E-state index >= 15 is 0 Å². The number of aryl methyl sites for hydroxylation is 2. The number of hydrogen-bond acceptors (Lipinski definition) is 5. The highest BCUT2D eigenvalue weighted by atomic mass is 32.1. The molecule has 132 valence electrons. The van der Waals surface area contributed by atoms with Crippen LogP contribution in [0, 0.1) is 13.8 Å². The van der Waals surface area contributed by atoms with E-state index in [1.165, 1.54) is 18.3 Å². The average Bonchev–Trinajstić information content (AvgIpc) is 2.91. The first kappa shape index (κ1) is 18.9. The van der Waals surface area contributed by atoms with Crippen molar-refractivity contribution < 1.29 is 19.1 Å². The highest BCUT2D eigenvalue weighted by Crippen LogP contribution is 2.21. The van der Waals surface area contributed by atoms with E-state index in [0.717, 1.165) is 15.3 Å². The van der Waals surface area contributed by atoms with Gasteiger partial charge in [-0.1, -0.05) is 30.3 Å². The molecule has 0 radical (unpaired) electrons. The van der Waals surface area contributed by atoms with Gasteiger partial charge in [0.1, 0.15) is 0 Å². The first-order valence-electron chi connectivity index (χ1n) is 7.94. The van der Waals surface area contributed by atoms with Crippen molar-refractivity contribution >= 4 is 29.0 Å². The van der Waals surface area contributed by atoms with Gasteiger partial charge in [-0.25, -0.2) is 4.79 Å². The van der Waals surface area contributed by atoms with Gasteiger partial charge in [0.2, 0.25) is 0 Å². The highest BCUT2D eigenvalue weighted by molar-refractivity contribution is 7.12. The summed E-state index contributed by atoms with van der Waals surface area (Å²) in [6.07, 6.45) is 0.401. The van der Waals surface area contributed by atoms with Gasteiger partial charge in [0.25, 0.3) is 5.91 Å². The Balaban J connectivity index is 1.90. The Morgan fingerprint density at radius 3 is 2.40 bits per heavy atom. The number of nitrogens with one attached hydrogen (secondary N) is 1. The molecule has 0 aliphatic heterocycles. The largest absolute Gasteiger partial charge is 0.452 e. The van der Waals surface area contributed by atoms with Crippen molar-refractivity contribution in [1.29, 1.82) is 0 Å². The zero-order valence-corrected chi connectivity index (χ0v) is 15.3. The minimum atomic E-state index is -0.640. The molecule has 2 rings (SSSR count). The number of hydrogen-bond donors (Lipinski definition) is 1. The number of thiophene rings is 1. The van der Waals surface area contributed by atoms with Crippen LogP contribution in [0.25, 0.3) is 0 Å². The molecule has 0 aliphatic carbocycles. The summed E-state index contributed by atoms with van der Waals surface area (Å²) in [7, 11) is 0. The van der Waals surface area contributed by atoms with Crippen LogP contribution in [0.1, 0.15) is 32.6 Å². The van der Waals surface area contributed by atoms with Crippen LogP contribution >= 0.6 is 11.3 Å². The van der Waals surface area contributed by atoms with E-state index in [4.69, 9.17) is 4.74 Å². The SMILES string of the molecule is CC(=O)[C@H](Cc1ccccc1)NC(=O)COC(=O)c1cc(C)sc1C. The molecule has 1 aromatic heterocycles. The van der Waals surface area contributed by atoms with Crippen molar-refractivity contribution in [2.45, 2.75) is 33.2 Å². The van der Waals surface area contributed by atoms with Gasteiger partial charge < -0.3 is 10.1 Å². The number of ether oxygens (including phenoxy) is 1. The summed E-state index contributed by atoms with van der Waals surface area (Å²) in [5.41, 5.74) is 1.42. The highest BCUT2D eigenvalue weighted by Gasteiger charge is 2.19. The monoisotopic (exact) mass is 359 g/mol. The average molecular weight is 359 g/mol. The van der Waals surface area contributed by atoms with Crippen LogP contribution in [0.15, 0.2) is 36.4 Å². The predicted molar refractivity (Wildman–Crippen MR) is 96.8 cm³/mol. The number of esters is 1. The van der Waals surface area contributed by atoms with E-state index in [9.17, 15) is 14.4 Å². The van der Waals surface area contributed by atoms with E-state index in [1.807, 2.05) is 44.2 Å². The molecule has 0 saturated carbocycles. The zero-order chi connectivity index (χ0) is 18.4. The molecule has 1 aromatic carbocycles. The van der Waals surface area contributed by atoms with Gasteiger partial charge in [-0.3, -0.25) is 9.59 Å². The topological polar surface area (TPSA) is 72.5 Å². The fraction of sp³-hybridized carbons (Fsp3) is 0.316. The van der Waals surface area contributed by atoms with Crippen molar-refractivity contribution in [3.05, 3.63) is 57.3 Å². The maximum atomic E-state index is 12.0. The Bertz CT molecular complexity index is 767. The minimum absolute atomic E-state index is 0.146. The minimum Gasteiger partial charge on any atom is -0.452 e. The molecule has 1 atom stereocenters. The standard InChI is InChI=1S/C19H21NO4S/c1-12-9-16(14(3)25-12)19(23)24-11-18(22)20-17(13(2)21)10-15-7-5-4-6-8-15/h4-9,17H,10-11H2,1-3H3,(H,20,22)/t17-/m0/s1. The molecule has 1 heterocycles. The van der Waals surface area contributed by atoms with Gasteiger partial charge >= 0.3 is 5.97 Å². The lowest BCUT2D eigenvalue weighted by Crippen LogP contribution is -2.43. The Morgan fingerprint density at radius 2 is 1.84 bits per heavy atom. The van der Waals surface area contributed by atoms with Gasteiger partial charge in [0.15, 0.2) is 12.4 Å². The first-order valence-corrected chi connectivity index (χ1v) is 8.76. The van der Waals surface area contributed by atoms with Crippen LogP contribution < -0.4 is 5.32 Å². The van der Waals surface area contributed by atoms with E-state index in [1.54, 1.807) is 6.07 Å². The zero-order valence-electron chi connectivity index (χ0n) is 14.5. The molecular weight excluding hydrogens is 338 g/mol. The molecule has 0 aliphatic rings. The number of rotatable bonds is 7. The number of benzene rings is 1. The molecule has 2 aromatic rings. The van der Waals surface area contributed by atoms with E-state index < -0.39 is 24.5 Å². The normalized spacial score (nSPS) is 11.6. The Kier molecular flexibility index (Phi) is 6.47. The lowest BCUT2D eigenvalue weighted by molar-refractivity contribution is -0.128. The second kappa shape index (κ2) is 8.58. The molecule has 0 fully saturated rings. The van der Waals surface area contributed by atoms with E-state index in [0.29, 0.717) is 12.0 Å². The maximum absolute atomic E-state index is 12.0. The predicted octanol–water partition coefficient (Wildman–Crippen LogP) is 2.84. The second-order valence-electron chi connectivity index (χ2n) is 5.82. The van der Waals surface area contributed by atoms with Gasteiger partial charge in [0.05, 0.1) is 11.6 Å². The molecule has 0 bridgehead atoms. The molecule has 1 N–H and O–H groups in total. The lowest BCUT2D eigenvalue weighted by atomic mass is 10.0. The summed E-state index contributed by atoms with van der Waals surface area (Å²) in [6, 6.07) is 10.5. The summed E-state index contributed by atoms with van der Waals surface area (Å²) in [5.74, 6) is -1.17. The summed E-state index contributed by atoms with van der Waals surface area (Å²) >= 11 is 1.50. The Hall–Kier alpha value is -2.47. The second-order valence-corrected chi connectivity index (χ2v) is 7.28. The Labute approximate surface area is 151 Å². The van der Waals surface area contributed by atoms with Crippen LogP contribution in [0.4, 0.5) is 0 Å². The maximum Gasteiger partial charge on any atom is 0.339 e. The fourth-order valence-corrected chi connectivity index (χ4v) is 3.34. The number of carbonyl (C=O) groups is 3. The van der Waals surface area contributed by atoms with Gasteiger partial charge in [0, 0.05) is 9.75 Å². The molecule has 5 nitrogen and oxygen atoms in total. The van der Waals surface area contributed by atoms with E-state index in [2.05, 4.69) is 5.32 Å². The van der Waals surface area contributed by atoms with Crippen molar-refractivity contribution in [3.63, 3.8) is 0 Å². The molecule has 0 saturated heterocycles. The van der Waals surface area contributed by atoms with Crippen LogP contribution in [-0.2, 0) is 20.7 Å². The molecule has 1 amide bonds. The van der Waals surface area contributed by atoms with Crippen molar-refractivity contribution in [1.82, 2.24) is 5.32 Å². The number of carbonyl (C=O) groups excluding carboxylic acids is 3. The van der Waals surface area contributed by atoms with Gasteiger partial charge in [-0.05, 0) is 38.8 Å². The van der Waals surface area contributed by atoms with Crippen molar-refractivity contribution in [2.24, 2.45) is 0 Å². The third-order valence-corrected chi connectivity index (χ3v) is 4.67.